The molecule has 12 heteroatoms. The van der Waals surface area contributed by atoms with E-state index in [4.69, 9.17) is 14.2 Å². The van der Waals surface area contributed by atoms with Gasteiger partial charge in [-0.05, 0) is 12.8 Å². The van der Waals surface area contributed by atoms with Crippen LogP contribution in [-0.4, -0.2) is 68.8 Å². The van der Waals surface area contributed by atoms with Crippen LogP contribution < -0.4 is 14.3 Å². The van der Waals surface area contributed by atoms with Crippen LogP contribution in [0.15, 0.2) is 17.1 Å². The van der Waals surface area contributed by atoms with Crippen LogP contribution in [-0.2, 0) is 30.9 Å². The van der Waals surface area contributed by atoms with Gasteiger partial charge >= 0.3 is 5.97 Å². The number of amides is 1. The number of sulfonamides is 1. The molecule has 168 valence electrons. The molecule has 0 radical (unpaired) electrons. The van der Waals surface area contributed by atoms with Crippen LogP contribution in [0.1, 0.15) is 12.8 Å². The average Bonchev–Trinajstić information content (AvgIpc) is 3.07. The molecule has 0 spiro atoms. The molecule has 4 rings (SSSR count). The van der Waals surface area contributed by atoms with Gasteiger partial charge < -0.3 is 18.8 Å². The first-order chi connectivity index (χ1) is 14.8. The summed E-state index contributed by atoms with van der Waals surface area (Å²) in [6, 6.07) is 3.59. The van der Waals surface area contributed by atoms with E-state index in [9.17, 15) is 18.0 Å². The number of benzene rings is 1. The van der Waals surface area contributed by atoms with Gasteiger partial charge in [0, 0.05) is 31.1 Å². The number of fused-ring (bicyclic) bond motifs is 2. The van der Waals surface area contributed by atoms with E-state index in [2.05, 4.69) is 4.99 Å². The summed E-state index contributed by atoms with van der Waals surface area (Å²) in [5, 5.41) is 0. The van der Waals surface area contributed by atoms with Gasteiger partial charge in [0.2, 0.25) is 10.0 Å². The fraction of sp³-hybridized carbons (Fsp3) is 0.526. The van der Waals surface area contributed by atoms with E-state index >= 15 is 0 Å². The van der Waals surface area contributed by atoms with E-state index in [1.54, 1.807) is 10.6 Å². The molecule has 0 N–H and O–H groups in total. The molecule has 3 heterocycles. The van der Waals surface area contributed by atoms with Gasteiger partial charge in [-0.15, -0.1) is 0 Å². The van der Waals surface area contributed by atoms with E-state index in [0.717, 1.165) is 4.70 Å². The number of hydrogen-bond donors (Lipinski definition) is 0. The van der Waals surface area contributed by atoms with Crippen molar-refractivity contribution < 1.29 is 32.2 Å². The highest BCUT2D eigenvalue weighted by atomic mass is 32.2. The smallest absolute Gasteiger partial charge is 0.325 e. The van der Waals surface area contributed by atoms with Crippen molar-refractivity contribution in [2.75, 3.05) is 39.7 Å². The Balaban J connectivity index is 1.68. The SMILES string of the molecule is COC(=O)Cn1c(=NC(=O)C2CCN(S(C)(=O)=O)CC2)sc2cc3c(cc21)OCCO3. The molecule has 2 aliphatic rings. The zero-order valence-electron chi connectivity index (χ0n) is 17.2. The van der Waals surface area contributed by atoms with Crippen LogP contribution in [0.2, 0.25) is 0 Å². The first-order valence-corrected chi connectivity index (χ1v) is 12.5. The van der Waals surface area contributed by atoms with Crippen molar-refractivity contribution in [2.45, 2.75) is 19.4 Å². The number of hydrogen-bond acceptors (Lipinski definition) is 8. The van der Waals surface area contributed by atoms with Gasteiger partial charge in [0.05, 0.1) is 23.6 Å². The Hall–Kier alpha value is -2.44. The maximum Gasteiger partial charge on any atom is 0.325 e. The summed E-state index contributed by atoms with van der Waals surface area (Å²) in [5.74, 6) is 0.0210. The van der Waals surface area contributed by atoms with Crippen molar-refractivity contribution in [3.8, 4) is 11.5 Å². The normalized spacial score (nSPS) is 18.3. The molecule has 0 aliphatic carbocycles. The Morgan fingerprint density at radius 2 is 1.84 bits per heavy atom. The van der Waals surface area contributed by atoms with Crippen LogP contribution in [0, 0.1) is 5.92 Å². The third-order valence-corrected chi connectivity index (χ3v) is 7.68. The molecule has 31 heavy (non-hydrogen) atoms. The predicted molar refractivity (Wildman–Crippen MR) is 113 cm³/mol. The van der Waals surface area contributed by atoms with Gasteiger partial charge in [0.1, 0.15) is 19.8 Å². The Morgan fingerprint density at radius 3 is 2.45 bits per heavy atom. The van der Waals surface area contributed by atoms with Gasteiger partial charge in [-0.25, -0.2) is 12.7 Å². The second kappa shape index (κ2) is 8.60. The minimum atomic E-state index is -3.27. The lowest BCUT2D eigenvalue weighted by molar-refractivity contribution is -0.141. The molecule has 0 bridgehead atoms. The van der Waals surface area contributed by atoms with Gasteiger partial charge in [-0.1, -0.05) is 11.3 Å². The summed E-state index contributed by atoms with van der Waals surface area (Å²) in [7, 11) is -1.97. The zero-order valence-corrected chi connectivity index (χ0v) is 18.8. The van der Waals surface area contributed by atoms with E-state index < -0.39 is 16.0 Å². The number of thiazole rings is 1. The lowest BCUT2D eigenvalue weighted by Crippen LogP contribution is -2.39. The van der Waals surface area contributed by atoms with E-state index in [1.165, 1.54) is 29.0 Å². The third-order valence-electron chi connectivity index (χ3n) is 5.34. The number of rotatable bonds is 4. The van der Waals surface area contributed by atoms with Crippen LogP contribution in [0.3, 0.4) is 0 Å². The number of methoxy groups -OCH3 is 1. The minimum Gasteiger partial charge on any atom is -0.486 e. The predicted octanol–water partition coefficient (Wildman–Crippen LogP) is 0.746. The minimum absolute atomic E-state index is 0.102. The van der Waals surface area contributed by atoms with Gasteiger partial charge in [-0.2, -0.15) is 4.99 Å². The first kappa shape index (κ1) is 21.8. The molecule has 1 aromatic heterocycles. The van der Waals surface area contributed by atoms with E-state index in [-0.39, 0.29) is 18.4 Å². The standard InChI is InChI=1S/C19H23N3O7S2/c1-27-17(23)11-22-13-9-14-15(29-8-7-28-14)10-16(13)30-19(22)20-18(24)12-3-5-21(6-4-12)31(2,25)26/h9-10,12H,3-8,11H2,1-2H3. The summed E-state index contributed by atoms with van der Waals surface area (Å²) in [6.45, 7) is 1.37. The maximum absolute atomic E-state index is 12.9. The Labute approximate surface area is 183 Å². The van der Waals surface area contributed by atoms with Crippen molar-refractivity contribution in [3.05, 3.63) is 16.9 Å². The van der Waals surface area contributed by atoms with Crippen molar-refractivity contribution in [1.29, 1.82) is 0 Å². The number of esters is 1. The summed E-state index contributed by atoms with van der Waals surface area (Å²) in [5.41, 5.74) is 0.693. The molecule has 1 saturated heterocycles. The molecule has 1 fully saturated rings. The number of carbonyl (C=O) groups is 2. The monoisotopic (exact) mass is 469 g/mol. The quantitative estimate of drug-likeness (QED) is 0.607. The molecule has 0 atom stereocenters. The number of aromatic nitrogens is 1. The topological polar surface area (TPSA) is 116 Å². The summed E-state index contributed by atoms with van der Waals surface area (Å²) in [6.07, 6.45) is 1.99. The van der Waals surface area contributed by atoms with Crippen molar-refractivity contribution in [3.63, 3.8) is 0 Å². The van der Waals surface area contributed by atoms with Crippen molar-refractivity contribution in [2.24, 2.45) is 10.9 Å². The van der Waals surface area contributed by atoms with Crippen LogP contribution in [0.25, 0.3) is 10.2 Å². The molecule has 0 unspecified atom stereocenters. The van der Waals surface area contributed by atoms with Gasteiger partial charge in [0.25, 0.3) is 5.91 Å². The molecule has 1 aromatic carbocycles. The fourth-order valence-corrected chi connectivity index (χ4v) is 5.58. The number of ether oxygens (including phenoxy) is 3. The lowest BCUT2D eigenvalue weighted by Gasteiger charge is -2.28. The highest BCUT2D eigenvalue weighted by Crippen LogP contribution is 2.35. The van der Waals surface area contributed by atoms with Crippen molar-refractivity contribution in [1.82, 2.24) is 8.87 Å². The van der Waals surface area contributed by atoms with Crippen LogP contribution in [0.5, 0.6) is 11.5 Å². The van der Waals surface area contributed by atoms with Crippen LogP contribution >= 0.6 is 11.3 Å². The third kappa shape index (κ3) is 4.60. The summed E-state index contributed by atoms with van der Waals surface area (Å²) in [4.78, 5) is 29.5. The first-order valence-electron chi connectivity index (χ1n) is 9.80. The average molecular weight is 470 g/mol. The largest absolute Gasteiger partial charge is 0.486 e. The highest BCUT2D eigenvalue weighted by molar-refractivity contribution is 7.88. The lowest BCUT2D eigenvalue weighted by atomic mass is 9.98. The molecular weight excluding hydrogens is 446 g/mol. The highest BCUT2D eigenvalue weighted by Gasteiger charge is 2.29. The number of nitrogens with zero attached hydrogens (tertiary/aromatic N) is 3. The number of piperidine rings is 1. The number of carbonyl (C=O) groups excluding carboxylic acids is 2. The molecule has 1 amide bonds. The Morgan fingerprint density at radius 1 is 1.19 bits per heavy atom. The fourth-order valence-electron chi connectivity index (χ4n) is 3.66. The molecule has 2 aromatic rings. The van der Waals surface area contributed by atoms with E-state index in [0.29, 0.717) is 61.0 Å². The Kier molecular flexibility index (Phi) is 6.04. The van der Waals surface area contributed by atoms with Gasteiger partial charge in [-0.3, -0.25) is 9.59 Å². The zero-order chi connectivity index (χ0) is 22.2. The van der Waals surface area contributed by atoms with Crippen LogP contribution in [0.4, 0.5) is 0 Å². The van der Waals surface area contributed by atoms with Crippen molar-refractivity contribution >= 4 is 43.5 Å². The van der Waals surface area contributed by atoms with E-state index in [1.807, 2.05) is 6.07 Å². The summed E-state index contributed by atoms with van der Waals surface area (Å²) < 4.78 is 43.3. The second-order valence-corrected chi connectivity index (χ2v) is 10.4. The van der Waals surface area contributed by atoms with Gasteiger partial charge in [0.15, 0.2) is 16.3 Å². The Bertz CT molecular complexity index is 1190. The molecule has 10 nitrogen and oxygen atoms in total. The molecular formula is C19H23N3O7S2. The molecule has 2 aliphatic heterocycles. The summed E-state index contributed by atoms with van der Waals surface area (Å²) >= 11 is 1.27. The maximum atomic E-state index is 12.9. The second-order valence-electron chi connectivity index (χ2n) is 7.40. The molecule has 0 saturated carbocycles.